The summed E-state index contributed by atoms with van der Waals surface area (Å²) in [6.45, 7) is 6.27. The lowest BCUT2D eigenvalue weighted by molar-refractivity contribution is -0.119. The highest BCUT2D eigenvalue weighted by atomic mass is 16.1. The highest BCUT2D eigenvalue weighted by molar-refractivity contribution is 5.97. The topological polar surface area (TPSA) is 67.5 Å². The Morgan fingerprint density at radius 1 is 1.24 bits per heavy atom. The summed E-state index contributed by atoms with van der Waals surface area (Å²) in [6, 6.07) is 6.31. The van der Waals surface area contributed by atoms with Gasteiger partial charge in [0.2, 0.25) is 5.91 Å². The van der Waals surface area contributed by atoms with Crippen LogP contribution in [0.4, 0.5) is 0 Å². The van der Waals surface area contributed by atoms with Crippen molar-refractivity contribution < 1.29 is 4.79 Å². The Bertz CT molecular complexity index is 603. The lowest BCUT2D eigenvalue weighted by Crippen LogP contribution is -2.38. The zero-order chi connectivity index (χ0) is 18.2. The van der Waals surface area contributed by atoms with E-state index in [9.17, 15) is 4.79 Å². The zero-order valence-corrected chi connectivity index (χ0v) is 16.0. The number of benzene rings is 1. The predicted octanol–water partition coefficient (Wildman–Crippen LogP) is 4.03. The molecule has 1 fully saturated rings. The number of aryl methyl sites for hydroxylation is 2. The van der Waals surface area contributed by atoms with E-state index in [4.69, 9.17) is 5.73 Å². The maximum Gasteiger partial charge on any atom is 0.231 e. The van der Waals surface area contributed by atoms with Gasteiger partial charge >= 0.3 is 0 Å². The fourth-order valence-electron chi connectivity index (χ4n) is 3.63. The first-order valence-corrected chi connectivity index (χ1v) is 9.67. The van der Waals surface area contributed by atoms with E-state index in [1.807, 2.05) is 12.1 Å². The second-order valence-corrected chi connectivity index (χ2v) is 7.46. The highest BCUT2D eigenvalue weighted by Crippen LogP contribution is 2.28. The Labute approximate surface area is 152 Å². The van der Waals surface area contributed by atoms with Crippen molar-refractivity contribution in [3.05, 3.63) is 34.9 Å². The van der Waals surface area contributed by atoms with Gasteiger partial charge in [0.1, 0.15) is 0 Å². The van der Waals surface area contributed by atoms with Crippen LogP contribution in [0.3, 0.4) is 0 Å². The summed E-state index contributed by atoms with van der Waals surface area (Å²) in [5.41, 5.74) is 9.42. The first-order valence-electron chi connectivity index (χ1n) is 9.67. The van der Waals surface area contributed by atoms with Crippen LogP contribution >= 0.6 is 0 Å². The van der Waals surface area contributed by atoms with E-state index in [2.05, 4.69) is 37.1 Å². The number of hydrogen-bond donors (Lipinski definition) is 2. The van der Waals surface area contributed by atoms with Crippen molar-refractivity contribution in [3.63, 3.8) is 0 Å². The molecule has 3 N–H and O–H groups in total. The van der Waals surface area contributed by atoms with Gasteiger partial charge in [-0.3, -0.25) is 10.1 Å². The van der Waals surface area contributed by atoms with Gasteiger partial charge < -0.3 is 5.73 Å². The van der Waals surface area contributed by atoms with Crippen LogP contribution in [0.15, 0.2) is 23.2 Å². The Morgan fingerprint density at radius 3 is 2.60 bits per heavy atom. The fourth-order valence-corrected chi connectivity index (χ4v) is 3.63. The van der Waals surface area contributed by atoms with Crippen LogP contribution in [0, 0.1) is 19.8 Å². The monoisotopic (exact) mass is 343 g/mol. The molecule has 25 heavy (non-hydrogen) atoms. The van der Waals surface area contributed by atoms with Gasteiger partial charge in [0.05, 0.1) is 12.5 Å². The van der Waals surface area contributed by atoms with Crippen molar-refractivity contribution in [2.45, 2.75) is 78.2 Å². The Balaban J connectivity index is 1.86. The first kappa shape index (κ1) is 19.5. The molecular weight excluding hydrogens is 310 g/mol. The molecule has 1 atom stereocenters. The van der Waals surface area contributed by atoms with Crippen LogP contribution in [-0.2, 0) is 11.2 Å². The number of hydrogen-bond acceptors (Lipinski definition) is 2. The largest absolute Gasteiger partial charge is 0.370 e. The van der Waals surface area contributed by atoms with Crippen molar-refractivity contribution in [2.24, 2.45) is 16.6 Å². The summed E-state index contributed by atoms with van der Waals surface area (Å²) in [7, 11) is 0. The number of aliphatic imine (C=N–C) groups is 1. The molecule has 4 nitrogen and oxygen atoms in total. The minimum Gasteiger partial charge on any atom is -0.370 e. The number of nitrogens with zero attached hydrogens (tertiary/aromatic N) is 1. The van der Waals surface area contributed by atoms with Crippen LogP contribution < -0.4 is 11.1 Å². The van der Waals surface area contributed by atoms with E-state index in [-0.39, 0.29) is 17.9 Å². The molecule has 0 spiro atoms. The van der Waals surface area contributed by atoms with Gasteiger partial charge in [0, 0.05) is 0 Å². The molecule has 0 saturated heterocycles. The van der Waals surface area contributed by atoms with Crippen molar-refractivity contribution in [2.75, 3.05) is 0 Å². The molecule has 0 bridgehead atoms. The number of amides is 1. The average molecular weight is 344 g/mol. The van der Waals surface area contributed by atoms with Gasteiger partial charge in [-0.2, -0.15) is 0 Å². The second-order valence-electron chi connectivity index (χ2n) is 7.46. The fraction of sp³-hybridized carbons (Fsp3) is 0.619. The third-order valence-electron chi connectivity index (χ3n) is 5.33. The van der Waals surface area contributed by atoms with Crippen LogP contribution in [0.25, 0.3) is 0 Å². The Kier molecular flexibility index (Phi) is 7.48. The summed E-state index contributed by atoms with van der Waals surface area (Å²) < 4.78 is 0. The molecule has 1 aliphatic carbocycles. The molecule has 138 valence electrons. The standard InChI is InChI=1S/C21H33N3O/c1-4-19(13-17-8-6-5-7-9-17)23-21(22)24-20(25)14-18-11-10-15(2)16(3)12-18/h10-12,17,19H,4-9,13-14H2,1-3H3,(H3,22,23,24,25)/t19-/m0/s1. The maximum atomic E-state index is 12.2. The number of carbonyl (C=O) groups excluding carboxylic acids is 1. The Morgan fingerprint density at radius 2 is 1.96 bits per heavy atom. The van der Waals surface area contributed by atoms with E-state index in [0.717, 1.165) is 24.3 Å². The van der Waals surface area contributed by atoms with Crippen molar-refractivity contribution >= 4 is 11.9 Å². The zero-order valence-electron chi connectivity index (χ0n) is 16.0. The molecule has 1 amide bonds. The van der Waals surface area contributed by atoms with Crippen molar-refractivity contribution in [1.82, 2.24) is 5.32 Å². The number of nitrogens with two attached hydrogens (primary N) is 1. The van der Waals surface area contributed by atoms with Crippen LogP contribution in [0.1, 0.15) is 68.6 Å². The number of rotatable bonds is 6. The van der Waals surface area contributed by atoms with Gasteiger partial charge in [-0.15, -0.1) is 0 Å². The second kappa shape index (κ2) is 9.59. The quantitative estimate of drug-likeness (QED) is 0.605. The molecule has 1 aliphatic rings. The third-order valence-corrected chi connectivity index (χ3v) is 5.33. The molecule has 1 aromatic carbocycles. The summed E-state index contributed by atoms with van der Waals surface area (Å²) in [6.07, 6.45) is 9.05. The molecule has 2 rings (SSSR count). The predicted molar refractivity (Wildman–Crippen MR) is 105 cm³/mol. The number of nitrogens with one attached hydrogen (secondary N) is 1. The molecule has 0 aliphatic heterocycles. The van der Waals surface area contributed by atoms with Gasteiger partial charge in [-0.05, 0) is 49.3 Å². The lowest BCUT2D eigenvalue weighted by atomic mass is 9.84. The van der Waals surface area contributed by atoms with Crippen LogP contribution in [0.2, 0.25) is 0 Å². The summed E-state index contributed by atoms with van der Waals surface area (Å²) in [4.78, 5) is 16.8. The van der Waals surface area contributed by atoms with Crippen LogP contribution in [-0.4, -0.2) is 17.9 Å². The van der Waals surface area contributed by atoms with E-state index < -0.39 is 0 Å². The van der Waals surface area contributed by atoms with Gasteiger partial charge in [-0.1, -0.05) is 57.2 Å². The average Bonchev–Trinajstić information content (AvgIpc) is 2.58. The molecule has 4 heteroatoms. The molecule has 0 heterocycles. The normalized spacial score (nSPS) is 17.3. The van der Waals surface area contributed by atoms with Crippen molar-refractivity contribution in [1.29, 1.82) is 0 Å². The van der Waals surface area contributed by atoms with E-state index in [1.165, 1.54) is 43.2 Å². The van der Waals surface area contributed by atoms with Crippen LogP contribution in [0.5, 0.6) is 0 Å². The van der Waals surface area contributed by atoms with E-state index in [0.29, 0.717) is 6.42 Å². The van der Waals surface area contributed by atoms with Gasteiger partial charge in [0.25, 0.3) is 0 Å². The smallest absolute Gasteiger partial charge is 0.231 e. The maximum absolute atomic E-state index is 12.2. The Hall–Kier alpha value is -1.84. The highest BCUT2D eigenvalue weighted by Gasteiger charge is 2.18. The molecule has 0 aromatic heterocycles. The first-order chi connectivity index (χ1) is 12.0. The molecule has 0 unspecified atom stereocenters. The molecule has 1 aromatic rings. The molecular formula is C21H33N3O. The van der Waals surface area contributed by atoms with E-state index in [1.54, 1.807) is 0 Å². The minimum atomic E-state index is -0.1000. The number of carbonyl (C=O) groups is 1. The third kappa shape index (κ3) is 6.52. The minimum absolute atomic E-state index is 0.1000. The van der Waals surface area contributed by atoms with Gasteiger partial charge in [-0.25, -0.2) is 4.99 Å². The summed E-state index contributed by atoms with van der Waals surface area (Å²) in [5, 5.41) is 2.75. The summed E-state index contributed by atoms with van der Waals surface area (Å²) >= 11 is 0. The SMILES string of the molecule is CC[C@@H](CC1CCCCC1)N=C(N)NC(=O)Cc1ccc(C)c(C)c1. The van der Waals surface area contributed by atoms with Gasteiger partial charge in [0.15, 0.2) is 5.96 Å². The van der Waals surface area contributed by atoms with E-state index >= 15 is 0 Å². The lowest BCUT2D eigenvalue weighted by Gasteiger charge is -2.24. The molecule has 0 radical (unpaired) electrons. The summed E-state index contributed by atoms with van der Waals surface area (Å²) in [5.74, 6) is 0.926. The molecule has 1 saturated carbocycles. The number of guanidine groups is 1. The van der Waals surface area contributed by atoms with Crippen molar-refractivity contribution in [3.8, 4) is 0 Å².